The van der Waals surface area contributed by atoms with E-state index in [4.69, 9.17) is 14.7 Å². The monoisotopic (exact) mass is 456 g/mol. The van der Waals surface area contributed by atoms with Crippen molar-refractivity contribution in [1.82, 2.24) is 25.1 Å². The van der Waals surface area contributed by atoms with E-state index in [1.54, 1.807) is 12.3 Å². The summed E-state index contributed by atoms with van der Waals surface area (Å²) in [6, 6.07) is 7.46. The van der Waals surface area contributed by atoms with Gasteiger partial charge in [-0.15, -0.1) is 5.10 Å². The highest BCUT2D eigenvalue weighted by atomic mass is 19.1. The molecule has 0 radical (unpaired) electrons. The highest BCUT2D eigenvalue weighted by molar-refractivity contribution is 5.64. The highest BCUT2D eigenvalue weighted by Crippen LogP contribution is 2.69. The van der Waals surface area contributed by atoms with E-state index in [-0.39, 0.29) is 34.2 Å². The van der Waals surface area contributed by atoms with Crippen LogP contribution in [0.3, 0.4) is 0 Å². The third-order valence-corrected chi connectivity index (χ3v) is 7.51. The van der Waals surface area contributed by atoms with Crippen molar-refractivity contribution in [1.29, 1.82) is 5.26 Å². The number of halogens is 2. The second-order valence-corrected chi connectivity index (χ2v) is 9.29. The summed E-state index contributed by atoms with van der Waals surface area (Å²) in [6.45, 7) is 4.31. The average Bonchev–Trinajstić information content (AvgIpc) is 3.47. The third-order valence-electron chi connectivity index (χ3n) is 7.51. The summed E-state index contributed by atoms with van der Waals surface area (Å²) < 4.78 is 34.3. The number of nitrogens with zero attached hydrogens (tertiary/aromatic N) is 6. The van der Waals surface area contributed by atoms with Crippen molar-refractivity contribution < 1.29 is 13.2 Å². The fourth-order valence-corrected chi connectivity index (χ4v) is 5.87. The summed E-state index contributed by atoms with van der Waals surface area (Å²) in [5.41, 5.74) is 2.09. The van der Waals surface area contributed by atoms with Gasteiger partial charge in [0.2, 0.25) is 5.89 Å². The number of nitriles is 1. The minimum atomic E-state index is -0.673. The number of aromatic nitrogens is 5. The minimum Gasteiger partial charge on any atom is -0.442 e. The Labute approximate surface area is 193 Å². The van der Waals surface area contributed by atoms with Crippen molar-refractivity contribution >= 4 is 0 Å². The number of hydrogen-bond acceptors (Lipinski definition) is 7. The summed E-state index contributed by atoms with van der Waals surface area (Å²) in [7, 11) is 0. The molecule has 3 heterocycles. The molecule has 0 unspecified atom stereocenters. The Hall–Kier alpha value is -4.06. The van der Waals surface area contributed by atoms with Crippen LogP contribution in [-0.2, 0) is 5.41 Å². The first kappa shape index (κ1) is 20.5. The van der Waals surface area contributed by atoms with Crippen LogP contribution in [0.4, 0.5) is 8.78 Å². The van der Waals surface area contributed by atoms with Crippen LogP contribution in [0.15, 0.2) is 47.3 Å². The van der Waals surface area contributed by atoms with E-state index in [2.05, 4.69) is 34.0 Å². The van der Waals surface area contributed by atoms with E-state index in [1.165, 1.54) is 30.7 Å². The lowest BCUT2D eigenvalue weighted by Crippen LogP contribution is -2.38. The van der Waals surface area contributed by atoms with E-state index < -0.39 is 17.0 Å². The van der Waals surface area contributed by atoms with Crippen molar-refractivity contribution in [3.8, 4) is 28.9 Å². The van der Waals surface area contributed by atoms with Crippen LogP contribution in [0.1, 0.15) is 55.3 Å². The van der Waals surface area contributed by atoms with Crippen LogP contribution in [0, 0.1) is 28.4 Å². The number of oxazole rings is 1. The minimum absolute atomic E-state index is 0.115. The van der Waals surface area contributed by atoms with E-state index in [9.17, 15) is 8.78 Å². The topological polar surface area (TPSA) is 101 Å². The second kappa shape index (κ2) is 6.97. The quantitative estimate of drug-likeness (QED) is 0.430. The zero-order valence-corrected chi connectivity index (χ0v) is 18.4. The van der Waals surface area contributed by atoms with Gasteiger partial charge >= 0.3 is 0 Å². The molecule has 6 rings (SSSR count). The number of benzene rings is 1. The van der Waals surface area contributed by atoms with Crippen LogP contribution in [0.5, 0.6) is 0 Å². The predicted octanol–water partition coefficient (Wildman–Crippen LogP) is 4.94. The van der Waals surface area contributed by atoms with Gasteiger partial charge in [0.15, 0.2) is 5.69 Å². The molecule has 2 aliphatic carbocycles. The molecule has 1 fully saturated rings. The standard InChI is InChI=1S/C25H18F2N6O/c1-24(2)15-6-7-25(24,20-11-29-10-19(31-20)23-30-13(9-28)12-34-23)22-14(15)8-18(32-33-22)21-16(26)4-3-5-17(21)27/h3-5,8,10-12,15H,6-7H2,1-2H3/t15-,25-/m0/s1. The Morgan fingerprint density at radius 1 is 1.09 bits per heavy atom. The first-order valence-corrected chi connectivity index (χ1v) is 10.9. The summed E-state index contributed by atoms with van der Waals surface area (Å²) in [6.07, 6.45) is 6.18. The second-order valence-electron chi connectivity index (χ2n) is 9.29. The Bertz CT molecular complexity index is 1490. The van der Waals surface area contributed by atoms with Crippen molar-refractivity contribution in [2.45, 2.75) is 38.0 Å². The Morgan fingerprint density at radius 3 is 2.62 bits per heavy atom. The summed E-state index contributed by atoms with van der Waals surface area (Å²) >= 11 is 0. The molecular formula is C25H18F2N6O. The van der Waals surface area contributed by atoms with Crippen LogP contribution >= 0.6 is 0 Å². The molecular weight excluding hydrogens is 438 g/mol. The maximum absolute atomic E-state index is 14.4. The maximum atomic E-state index is 14.4. The normalized spacial score (nSPS) is 21.9. The first-order chi connectivity index (χ1) is 16.4. The summed E-state index contributed by atoms with van der Waals surface area (Å²) in [4.78, 5) is 13.4. The molecule has 2 bridgehead atoms. The molecule has 2 aliphatic rings. The largest absolute Gasteiger partial charge is 0.442 e. The molecule has 168 valence electrons. The lowest BCUT2D eigenvalue weighted by Gasteiger charge is -2.37. The molecule has 34 heavy (non-hydrogen) atoms. The fourth-order valence-electron chi connectivity index (χ4n) is 5.87. The molecule has 0 N–H and O–H groups in total. The summed E-state index contributed by atoms with van der Waals surface area (Å²) in [5, 5.41) is 17.8. The molecule has 2 atom stereocenters. The number of hydrogen-bond donors (Lipinski definition) is 0. The third kappa shape index (κ3) is 2.56. The van der Waals surface area contributed by atoms with Gasteiger partial charge in [-0.1, -0.05) is 19.9 Å². The van der Waals surface area contributed by atoms with Crippen LogP contribution < -0.4 is 0 Å². The fraction of sp³-hybridized carbons (Fsp3) is 0.280. The maximum Gasteiger partial charge on any atom is 0.247 e. The van der Waals surface area contributed by atoms with Crippen LogP contribution in [-0.4, -0.2) is 25.1 Å². The lowest BCUT2D eigenvalue weighted by atomic mass is 9.66. The Kier molecular flexibility index (Phi) is 4.21. The summed E-state index contributed by atoms with van der Waals surface area (Å²) in [5.74, 6) is -1.02. The van der Waals surface area contributed by atoms with Crippen molar-refractivity contribution in [2.24, 2.45) is 5.41 Å². The molecule has 1 aromatic carbocycles. The van der Waals surface area contributed by atoms with Crippen molar-refractivity contribution in [3.05, 3.63) is 77.2 Å². The van der Waals surface area contributed by atoms with Gasteiger partial charge in [0.1, 0.15) is 29.7 Å². The van der Waals surface area contributed by atoms with E-state index in [1.807, 2.05) is 6.07 Å². The zero-order valence-electron chi connectivity index (χ0n) is 18.4. The number of rotatable bonds is 3. The van der Waals surface area contributed by atoms with E-state index >= 15 is 0 Å². The predicted molar refractivity (Wildman–Crippen MR) is 116 cm³/mol. The average molecular weight is 456 g/mol. The van der Waals surface area contributed by atoms with Gasteiger partial charge in [0, 0.05) is 6.20 Å². The molecule has 9 heteroatoms. The molecule has 0 saturated heterocycles. The molecule has 0 amide bonds. The molecule has 0 spiro atoms. The van der Waals surface area contributed by atoms with Gasteiger partial charge in [-0.3, -0.25) is 4.98 Å². The van der Waals surface area contributed by atoms with Gasteiger partial charge in [-0.25, -0.2) is 13.8 Å². The molecule has 1 saturated carbocycles. The van der Waals surface area contributed by atoms with E-state index in [0.29, 0.717) is 11.4 Å². The highest BCUT2D eigenvalue weighted by Gasteiger charge is 2.65. The van der Waals surface area contributed by atoms with Gasteiger partial charge < -0.3 is 4.42 Å². The Balaban J connectivity index is 1.51. The molecule has 3 aromatic heterocycles. The zero-order chi connectivity index (χ0) is 23.7. The smallest absolute Gasteiger partial charge is 0.247 e. The van der Waals surface area contributed by atoms with E-state index in [0.717, 1.165) is 24.1 Å². The lowest BCUT2D eigenvalue weighted by molar-refractivity contribution is 0.242. The van der Waals surface area contributed by atoms with Crippen molar-refractivity contribution in [2.75, 3.05) is 0 Å². The van der Waals surface area contributed by atoms with Gasteiger partial charge in [0.05, 0.1) is 34.3 Å². The Morgan fingerprint density at radius 2 is 1.88 bits per heavy atom. The van der Waals surface area contributed by atoms with Crippen LogP contribution in [0.2, 0.25) is 0 Å². The SMILES string of the molecule is CC1(C)[C@H]2CC[C@]1(c1cncc(-c3nc(C#N)co3)n1)c1nnc(-c3c(F)cccc3F)cc12. The molecule has 4 aromatic rings. The molecule has 0 aliphatic heterocycles. The van der Waals surface area contributed by atoms with Crippen LogP contribution in [0.25, 0.3) is 22.8 Å². The number of fused-ring (bicyclic) bond motifs is 5. The van der Waals surface area contributed by atoms with Gasteiger partial charge in [0.25, 0.3) is 0 Å². The van der Waals surface area contributed by atoms with Gasteiger partial charge in [-0.05, 0) is 47.9 Å². The van der Waals surface area contributed by atoms with Gasteiger partial charge in [-0.2, -0.15) is 15.3 Å². The first-order valence-electron chi connectivity index (χ1n) is 10.9. The van der Waals surface area contributed by atoms with Crippen molar-refractivity contribution in [3.63, 3.8) is 0 Å². The molecule has 7 nitrogen and oxygen atoms in total.